The molecule has 2 N–H and O–H groups in total. The first-order valence-electron chi connectivity index (χ1n) is 6.83. The Labute approximate surface area is 137 Å². The number of anilines is 1. The molecular weight excluding hydrogens is 350 g/mol. The van der Waals surface area contributed by atoms with Crippen LogP contribution in [0.4, 0.5) is 5.82 Å². The SMILES string of the molecule is CCCNc1ncc(Br)cc1C(=O)NCc1ccc(C)s1. The number of amides is 1. The standard InChI is InChI=1S/C15H18BrN3OS/c1-3-6-17-14-13(7-11(16)8-18-14)15(20)19-9-12-5-4-10(2)21-12/h4-5,7-8H,3,6,9H2,1-2H3,(H,17,18)(H,19,20). The Balaban J connectivity index is 2.08. The Bertz CT molecular complexity index is 627. The Morgan fingerprint density at radius 3 is 2.90 bits per heavy atom. The molecule has 0 aliphatic rings. The van der Waals surface area contributed by atoms with Crippen molar-refractivity contribution in [2.75, 3.05) is 11.9 Å². The number of rotatable bonds is 6. The van der Waals surface area contributed by atoms with E-state index in [1.54, 1.807) is 23.6 Å². The van der Waals surface area contributed by atoms with Gasteiger partial charge in [0.2, 0.25) is 0 Å². The smallest absolute Gasteiger partial charge is 0.255 e. The largest absolute Gasteiger partial charge is 0.369 e. The number of thiophene rings is 1. The normalized spacial score (nSPS) is 10.4. The molecule has 0 aliphatic carbocycles. The zero-order valence-corrected chi connectivity index (χ0v) is 14.5. The Kier molecular flexibility index (Phi) is 5.76. The molecule has 0 saturated heterocycles. The monoisotopic (exact) mass is 367 g/mol. The highest BCUT2D eigenvalue weighted by atomic mass is 79.9. The van der Waals surface area contributed by atoms with Crippen LogP contribution in [0.15, 0.2) is 28.9 Å². The van der Waals surface area contributed by atoms with Crippen LogP contribution in [0.25, 0.3) is 0 Å². The highest BCUT2D eigenvalue weighted by Crippen LogP contribution is 2.19. The molecule has 0 aromatic carbocycles. The molecule has 112 valence electrons. The van der Waals surface area contributed by atoms with E-state index >= 15 is 0 Å². The molecule has 2 rings (SSSR count). The van der Waals surface area contributed by atoms with Crippen LogP contribution in [0.5, 0.6) is 0 Å². The number of aryl methyl sites for hydroxylation is 1. The van der Waals surface area contributed by atoms with Crippen LogP contribution in [0, 0.1) is 6.92 Å². The molecule has 6 heteroatoms. The minimum Gasteiger partial charge on any atom is -0.369 e. The number of carbonyl (C=O) groups excluding carboxylic acids is 1. The van der Waals surface area contributed by atoms with Crippen molar-refractivity contribution in [2.24, 2.45) is 0 Å². The van der Waals surface area contributed by atoms with E-state index in [0.29, 0.717) is 17.9 Å². The van der Waals surface area contributed by atoms with Gasteiger partial charge < -0.3 is 10.6 Å². The number of nitrogens with zero attached hydrogens (tertiary/aromatic N) is 1. The van der Waals surface area contributed by atoms with E-state index in [0.717, 1.165) is 22.3 Å². The summed E-state index contributed by atoms with van der Waals surface area (Å²) in [6.07, 6.45) is 2.67. The summed E-state index contributed by atoms with van der Waals surface area (Å²) in [5, 5.41) is 6.13. The first kappa shape index (κ1) is 16.0. The summed E-state index contributed by atoms with van der Waals surface area (Å²) < 4.78 is 0.793. The average Bonchev–Trinajstić information content (AvgIpc) is 2.89. The van der Waals surface area contributed by atoms with E-state index < -0.39 is 0 Å². The lowest BCUT2D eigenvalue weighted by Crippen LogP contribution is -2.24. The van der Waals surface area contributed by atoms with Gasteiger partial charge in [0.15, 0.2) is 0 Å². The van der Waals surface area contributed by atoms with Gasteiger partial charge in [-0.3, -0.25) is 4.79 Å². The molecular formula is C15H18BrN3OS. The minimum atomic E-state index is -0.117. The summed E-state index contributed by atoms with van der Waals surface area (Å²) in [4.78, 5) is 19.0. The number of nitrogens with one attached hydrogen (secondary N) is 2. The first-order valence-corrected chi connectivity index (χ1v) is 8.44. The fourth-order valence-electron chi connectivity index (χ4n) is 1.84. The molecule has 1 amide bonds. The van der Waals surface area contributed by atoms with Gasteiger partial charge >= 0.3 is 0 Å². The molecule has 21 heavy (non-hydrogen) atoms. The molecule has 0 radical (unpaired) electrons. The molecule has 0 spiro atoms. The van der Waals surface area contributed by atoms with Crippen molar-refractivity contribution < 1.29 is 4.79 Å². The van der Waals surface area contributed by atoms with Gasteiger partial charge in [0.1, 0.15) is 5.82 Å². The van der Waals surface area contributed by atoms with Crippen molar-refractivity contribution in [1.82, 2.24) is 10.3 Å². The molecule has 0 unspecified atom stereocenters. The summed E-state index contributed by atoms with van der Waals surface area (Å²) in [5.41, 5.74) is 0.561. The third-order valence-corrected chi connectivity index (χ3v) is 4.29. The van der Waals surface area contributed by atoms with Crippen molar-refractivity contribution in [3.05, 3.63) is 44.2 Å². The van der Waals surface area contributed by atoms with E-state index in [-0.39, 0.29) is 5.91 Å². The zero-order valence-electron chi connectivity index (χ0n) is 12.1. The van der Waals surface area contributed by atoms with Gasteiger partial charge in [0.05, 0.1) is 12.1 Å². The summed E-state index contributed by atoms with van der Waals surface area (Å²) in [6.45, 7) is 5.46. The second-order valence-electron chi connectivity index (χ2n) is 4.67. The van der Waals surface area contributed by atoms with E-state index in [1.807, 2.05) is 6.07 Å². The number of carbonyl (C=O) groups is 1. The van der Waals surface area contributed by atoms with Gasteiger partial charge in [-0.2, -0.15) is 0 Å². The number of hydrogen-bond acceptors (Lipinski definition) is 4. The maximum Gasteiger partial charge on any atom is 0.255 e. The van der Waals surface area contributed by atoms with E-state index in [1.165, 1.54) is 4.88 Å². The molecule has 2 heterocycles. The van der Waals surface area contributed by atoms with Crippen molar-refractivity contribution in [3.63, 3.8) is 0 Å². The van der Waals surface area contributed by atoms with E-state index in [4.69, 9.17) is 0 Å². The number of pyridine rings is 1. The van der Waals surface area contributed by atoms with Crippen LogP contribution in [0.2, 0.25) is 0 Å². The minimum absolute atomic E-state index is 0.117. The second kappa shape index (κ2) is 7.56. The lowest BCUT2D eigenvalue weighted by molar-refractivity contribution is 0.0951. The Hall–Kier alpha value is -1.40. The topological polar surface area (TPSA) is 54.0 Å². The second-order valence-corrected chi connectivity index (χ2v) is 6.96. The Morgan fingerprint density at radius 2 is 2.24 bits per heavy atom. The highest BCUT2D eigenvalue weighted by molar-refractivity contribution is 9.10. The molecule has 0 aliphatic heterocycles. The van der Waals surface area contributed by atoms with Gasteiger partial charge in [-0.1, -0.05) is 6.92 Å². The van der Waals surface area contributed by atoms with Crippen molar-refractivity contribution >= 4 is 39.0 Å². The number of hydrogen-bond donors (Lipinski definition) is 2. The molecule has 0 fully saturated rings. The molecule has 4 nitrogen and oxygen atoms in total. The van der Waals surface area contributed by atoms with Crippen LogP contribution < -0.4 is 10.6 Å². The summed E-state index contributed by atoms with van der Waals surface area (Å²) in [6, 6.07) is 5.89. The summed E-state index contributed by atoms with van der Waals surface area (Å²) >= 11 is 5.05. The van der Waals surface area contributed by atoms with E-state index in [9.17, 15) is 4.79 Å². The van der Waals surface area contributed by atoms with Gasteiger partial charge in [-0.15, -0.1) is 11.3 Å². The van der Waals surface area contributed by atoms with Crippen molar-refractivity contribution in [1.29, 1.82) is 0 Å². The average molecular weight is 368 g/mol. The maximum absolute atomic E-state index is 12.4. The molecule has 0 saturated carbocycles. The van der Waals surface area contributed by atoms with Gasteiger partial charge in [-0.05, 0) is 47.5 Å². The number of aromatic nitrogens is 1. The maximum atomic E-state index is 12.4. The van der Waals surface area contributed by atoms with Crippen molar-refractivity contribution in [2.45, 2.75) is 26.8 Å². The third-order valence-electron chi connectivity index (χ3n) is 2.86. The van der Waals surface area contributed by atoms with Gasteiger partial charge in [0.25, 0.3) is 5.91 Å². The molecule has 0 atom stereocenters. The molecule has 2 aromatic heterocycles. The summed E-state index contributed by atoms with van der Waals surface area (Å²) in [7, 11) is 0. The number of halogens is 1. The van der Waals surface area contributed by atoms with E-state index in [2.05, 4.69) is 51.5 Å². The van der Waals surface area contributed by atoms with Gasteiger partial charge in [-0.25, -0.2) is 4.98 Å². The zero-order chi connectivity index (χ0) is 15.2. The fourth-order valence-corrected chi connectivity index (χ4v) is 3.00. The van der Waals surface area contributed by atoms with Crippen LogP contribution >= 0.6 is 27.3 Å². The van der Waals surface area contributed by atoms with Crippen LogP contribution in [0.1, 0.15) is 33.5 Å². The van der Waals surface area contributed by atoms with Crippen LogP contribution in [-0.4, -0.2) is 17.4 Å². The molecule has 0 bridgehead atoms. The highest BCUT2D eigenvalue weighted by Gasteiger charge is 2.13. The lowest BCUT2D eigenvalue weighted by atomic mass is 10.2. The first-order chi connectivity index (χ1) is 10.1. The van der Waals surface area contributed by atoms with Crippen molar-refractivity contribution in [3.8, 4) is 0 Å². The predicted octanol–water partition coefficient (Wildman–Crippen LogP) is 3.97. The third kappa shape index (κ3) is 4.54. The molecule has 2 aromatic rings. The van der Waals surface area contributed by atoms with Gasteiger partial charge in [0, 0.05) is 27.0 Å². The lowest BCUT2D eigenvalue weighted by Gasteiger charge is -2.11. The Morgan fingerprint density at radius 1 is 1.43 bits per heavy atom. The van der Waals surface area contributed by atoms with Crippen LogP contribution in [-0.2, 0) is 6.54 Å². The fraction of sp³-hybridized carbons (Fsp3) is 0.333. The predicted molar refractivity (Wildman–Crippen MR) is 90.9 cm³/mol. The quantitative estimate of drug-likeness (QED) is 0.811. The van der Waals surface area contributed by atoms with Crippen LogP contribution in [0.3, 0.4) is 0 Å². The summed E-state index contributed by atoms with van der Waals surface area (Å²) in [5.74, 6) is 0.508.